The Morgan fingerprint density at radius 1 is 0.778 bits per heavy atom. The number of nitrogens with zero attached hydrogens (tertiary/aromatic N) is 2. The van der Waals surface area contributed by atoms with Crippen LogP contribution in [0.2, 0.25) is 0 Å². The molecule has 4 aromatic rings. The molecule has 4 rings (SSSR count). The summed E-state index contributed by atoms with van der Waals surface area (Å²) in [5, 5.41) is 6.68. The van der Waals surface area contributed by atoms with Crippen LogP contribution < -0.4 is 0 Å². The van der Waals surface area contributed by atoms with E-state index in [0.717, 1.165) is 20.2 Å². The summed E-state index contributed by atoms with van der Waals surface area (Å²) < 4.78 is 4.00. The van der Waals surface area contributed by atoms with Crippen LogP contribution in [0.4, 0.5) is 0 Å². The molecule has 0 fully saturated rings. The molecule has 0 aliphatic carbocycles. The summed E-state index contributed by atoms with van der Waals surface area (Å²) in [7, 11) is 0. The number of fused-ring (bicyclic) bond motifs is 6. The van der Waals surface area contributed by atoms with Gasteiger partial charge in [-0.2, -0.15) is 0 Å². The number of aromatic nitrogens is 2. The fourth-order valence-electron chi connectivity index (χ4n) is 2.12. The van der Waals surface area contributed by atoms with Gasteiger partial charge in [-0.05, 0) is 54.8 Å². The summed E-state index contributed by atoms with van der Waals surface area (Å²) in [6.07, 6.45) is 0. The quantitative estimate of drug-likeness (QED) is 0.385. The van der Waals surface area contributed by atoms with E-state index in [9.17, 15) is 0 Å². The maximum absolute atomic E-state index is 4.63. The Balaban J connectivity index is 2.43. The number of thiophene rings is 2. The molecule has 3 heterocycles. The van der Waals surface area contributed by atoms with Crippen molar-refractivity contribution in [2.24, 2.45) is 0 Å². The average molecular weight is 400 g/mol. The van der Waals surface area contributed by atoms with Crippen molar-refractivity contribution < 1.29 is 0 Å². The maximum atomic E-state index is 4.63. The first-order valence-electron chi connectivity index (χ1n) is 5.15. The van der Waals surface area contributed by atoms with Crippen LogP contribution in [0.5, 0.6) is 0 Å². The van der Waals surface area contributed by atoms with Crippen molar-refractivity contribution in [1.82, 2.24) is 9.97 Å². The van der Waals surface area contributed by atoms with Gasteiger partial charge in [0.15, 0.2) is 0 Å². The summed E-state index contributed by atoms with van der Waals surface area (Å²) in [6.45, 7) is 0. The highest BCUT2D eigenvalue weighted by Gasteiger charge is 2.14. The molecule has 18 heavy (non-hydrogen) atoms. The summed E-state index contributed by atoms with van der Waals surface area (Å²) in [5.74, 6) is 0. The van der Waals surface area contributed by atoms with Crippen molar-refractivity contribution in [3.05, 3.63) is 32.1 Å². The predicted molar refractivity (Wildman–Crippen MR) is 85.7 cm³/mol. The largest absolute Gasteiger partial charge is 0.236 e. The minimum absolute atomic E-state index is 0.749. The van der Waals surface area contributed by atoms with Crippen molar-refractivity contribution in [3.8, 4) is 0 Å². The number of halogens is 2. The van der Waals surface area contributed by atoms with Crippen LogP contribution in [0.15, 0.2) is 32.1 Å². The standard InChI is InChI=1S/C12H4Br2N2S2/c13-11-12(14)16-8-7(15-11)5-1-3-17-9(5)6-2-4-18-10(6)8/h1-4H. The number of hydrogen-bond donors (Lipinski definition) is 0. The molecule has 88 valence electrons. The van der Waals surface area contributed by atoms with E-state index in [0.29, 0.717) is 0 Å². The van der Waals surface area contributed by atoms with Crippen molar-refractivity contribution in [2.45, 2.75) is 0 Å². The highest BCUT2D eigenvalue weighted by molar-refractivity contribution is 9.13. The van der Waals surface area contributed by atoms with Gasteiger partial charge in [0.1, 0.15) is 20.2 Å². The SMILES string of the molecule is Brc1nc2c3ccsc3c3ccsc3c2nc1Br. The van der Waals surface area contributed by atoms with Crippen LogP contribution in [0.1, 0.15) is 0 Å². The highest BCUT2D eigenvalue weighted by Crippen LogP contribution is 2.39. The third-order valence-corrected chi connectivity index (χ3v) is 6.37. The van der Waals surface area contributed by atoms with Crippen LogP contribution in [-0.2, 0) is 0 Å². The first-order chi connectivity index (χ1) is 8.75. The Morgan fingerprint density at radius 3 is 2.17 bits per heavy atom. The average Bonchev–Trinajstić information content (AvgIpc) is 2.97. The molecule has 0 saturated carbocycles. The molecule has 0 unspecified atom stereocenters. The Kier molecular flexibility index (Phi) is 2.49. The number of hydrogen-bond acceptors (Lipinski definition) is 4. The normalized spacial score (nSPS) is 11.9. The van der Waals surface area contributed by atoms with Crippen LogP contribution >= 0.6 is 54.5 Å². The fraction of sp³-hybridized carbons (Fsp3) is 0. The Labute approximate surface area is 127 Å². The molecule has 2 nitrogen and oxygen atoms in total. The van der Waals surface area contributed by atoms with Gasteiger partial charge in [-0.1, -0.05) is 0 Å². The van der Waals surface area contributed by atoms with Gasteiger partial charge >= 0.3 is 0 Å². The molecule has 0 radical (unpaired) electrons. The summed E-state index contributed by atoms with van der Waals surface area (Å²) >= 11 is 10.3. The molecule has 3 aromatic heterocycles. The first-order valence-corrected chi connectivity index (χ1v) is 8.49. The monoisotopic (exact) mass is 398 g/mol. The van der Waals surface area contributed by atoms with E-state index in [1.54, 1.807) is 22.7 Å². The lowest BCUT2D eigenvalue weighted by Crippen LogP contribution is -1.88. The van der Waals surface area contributed by atoms with E-state index in [4.69, 9.17) is 0 Å². The molecular formula is C12H4Br2N2S2. The van der Waals surface area contributed by atoms with E-state index in [-0.39, 0.29) is 0 Å². The minimum Gasteiger partial charge on any atom is -0.236 e. The molecule has 1 aromatic carbocycles. The topological polar surface area (TPSA) is 25.8 Å². The van der Waals surface area contributed by atoms with Gasteiger partial charge in [-0.3, -0.25) is 0 Å². The lowest BCUT2D eigenvalue weighted by Gasteiger charge is -2.03. The van der Waals surface area contributed by atoms with E-state index in [1.165, 1.54) is 20.2 Å². The number of rotatable bonds is 0. The van der Waals surface area contributed by atoms with E-state index in [1.807, 2.05) is 0 Å². The zero-order valence-electron chi connectivity index (χ0n) is 8.78. The van der Waals surface area contributed by atoms with Crippen molar-refractivity contribution in [1.29, 1.82) is 0 Å². The van der Waals surface area contributed by atoms with Crippen LogP contribution in [-0.4, -0.2) is 9.97 Å². The molecule has 0 aliphatic rings. The smallest absolute Gasteiger partial charge is 0.139 e. The van der Waals surface area contributed by atoms with Gasteiger partial charge in [0.25, 0.3) is 0 Å². The van der Waals surface area contributed by atoms with E-state index in [2.05, 4.69) is 64.7 Å². The van der Waals surface area contributed by atoms with Crippen molar-refractivity contribution >= 4 is 85.7 Å². The summed E-state index contributed by atoms with van der Waals surface area (Å²) in [6, 6.07) is 4.28. The predicted octanol–water partition coefficient (Wildman–Crippen LogP) is 5.58. The van der Waals surface area contributed by atoms with E-state index >= 15 is 0 Å². The third-order valence-electron chi connectivity index (χ3n) is 2.86. The lowest BCUT2D eigenvalue weighted by molar-refractivity contribution is 1.22. The molecule has 0 saturated heterocycles. The first kappa shape index (κ1) is 11.3. The molecule has 0 atom stereocenters. The fourth-order valence-corrected chi connectivity index (χ4v) is 4.53. The lowest BCUT2D eigenvalue weighted by atomic mass is 10.1. The van der Waals surface area contributed by atoms with Crippen molar-refractivity contribution in [2.75, 3.05) is 0 Å². The van der Waals surface area contributed by atoms with Crippen LogP contribution in [0.3, 0.4) is 0 Å². The molecule has 0 amide bonds. The van der Waals surface area contributed by atoms with Crippen molar-refractivity contribution in [3.63, 3.8) is 0 Å². The second kappa shape index (κ2) is 3.96. The van der Waals surface area contributed by atoms with Gasteiger partial charge < -0.3 is 0 Å². The Morgan fingerprint density at radius 2 is 1.39 bits per heavy atom. The molecule has 0 aliphatic heterocycles. The Bertz CT molecular complexity index is 836. The zero-order chi connectivity index (χ0) is 12.3. The van der Waals surface area contributed by atoms with Gasteiger partial charge in [0.05, 0.1) is 4.70 Å². The molecular weight excluding hydrogens is 396 g/mol. The van der Waals surface area contributed by atoms with Gasteiger partial charge in [0.2, 0.25) is 0 Å². The molecule has 0 N–H and O–H groups in total. The highest BCUT2D eigenvalue weighted by atomic mass is 79.9. The third kappa shape index (κ3) is 1.43. The van der Waals surface area contributed by atoms with Crippen LogP contribution in [0.25, 0.3) is 31.2 Å². The van der Waals surface area contributed by atoms with E-state index < -0.39 is 0 Å². The van der Waals surface area contributed by atoms with Gasteiger partial charge in [-0.25, -0.2) is 9.97 Å². The molecule has 0 bridgehead atoms. The molecule has 6 heteroatoms. The maximum Gasteiger partial charge on any atom is 0.139 e. The second-order valence-electron chi connectivity index (χ2n) is 3.83. The van der Waals surface area contributed by atoms with Gasteiger partial charge in [-0.15, -0.1) is 22.7 Å². The van der Waals surface area contributed by atoms with Crippen LogP contribution in [0, 0.1) is 0 Å². The van der Waals surface area contributed by atoms with Gasteiger partial charge in [0, 0.05) is 15.5 Å². The number of benzene rings is 1. The summed E-state index contributed by atoms with van der Waals surface area (Å²) in [4.78, 5) is 9.25. The second-order valence-corrected chi connectivity index (χ2v) is 7.16. The minimum atomic E-state index is 0.749. The summed E-state index contributed by atoms with van der Waals surface area (Å²) in [5.41, 5.74) is 1.94. The Hall–Kier alpha value is -0.560. The zero-order valence-corrected chi connectivity index (χ0v) is 13.6. The molecule has 0 spiro atoms.